The number of fused-ring (bicyclic) bond motifs is 7. The molecule has 0 amide bonds. The van der Waals surface area contributed by atoms with Crippen molar-refractivity contribution in [2.45, 2.75) is 0 Å². The third-order valence-electron chi connectivity index (χ3n) is 5.78. The zero-order valence-corrected chi connectivity index (χ0v) is 16.1. The molecule has 0 aliphatic carbocycles. The van der Waals surface area contributed by atoms with E-state index in [9.17, 15) is 0 Å². The van der Waals surface area contributed by atoms with E-state index in [2.05, 4.69) is 0 Å². The van der Waals surface area contributed by atoms with Crippen LogP contribution in [0.5, 0.6) is 0 Å². The lowest BCUT2D eigenvalue weighted by atomic mass is 9.90. The van der Waals surface area contributed by atoms with Gasteiger partial charge in [-0.2, -0.15) is 0 Å². The Morgan fingerprint density at radius 3 is 2.13 bits per heavy atom. The lowest BCUT2D eigenvalue weighted by Gasteiger charge is -2.13. The average molecular weight is 404 g/mol. The molecule has 31 heavy (non-hydrogen) atoms. The van der Waals surface area contributed by atoms with Gasteiger partial charge in [0.15, 0.2) is 0 Å². The monoisotopic (exact) mass is 403 g/mol. The molecule has 0 atom stereocenters. The highest BCUT2D eigenvalue weighted by atomic mass is 16.3. The van der Waals surface area contributed by atoms with Crippen LogP contribution in [-0.2, 0) is 0 Å². The fourth-order valence-corrected chi connectivity index (χ4v) is 4.47. The van der Waals surface area contributed by atoms with Crippen molar-refractivity contribution in [3.8, 4) is 11.1 Å². The number of hydrogen-bond acceptors (Lipinski definition) is 1. The van der Waals surface area contributed by atoms with E-state index in [0.717, 1.165) is 16.2 Å². The lowest BCUT2D eigenvalue weighted by Crippen LogP contribution is -1.86. The summed E-state index contributed by atoms with van der Waals surface area (Å²) in [6, 6.07) is 12.9. The maximum absolute atomic E-state index is 8.94. The van der Waals surface area contributed by atoms with Gasteiger partial charge in [0.2, 0.25) is 0 Å². The molecule has 0 fully saturated rings. The van der Waals surface area contributed by atoms with Gasteiger partial charge in [-0.3, -0.25) is 0 Å². The Morgan fingerprint density at radius 1 is 0.581 bits per heavy atom. The van der Waals surface area contributed by atoms with E-state index in [1.54, 1.807) is 18.2 Å². The summed E-state index contributed by atoms with van der Waals surface area (Å²) >= 11 is 0. The molecule has 0 aliphatic heterocycles. The highest BCUT2D eigenvalue weighted by molar-refractivity contribution is 6.23. The third kappa shape index (κ3) is 2.32. The predicted octanol–water partition coefficient (Wildman–Crippen LogP) is 8.71. The van der Waals surface area contributed by atoms with E-state index >= 15 is 0 Å². The quantitative estimate of drug-likeness (QED) is 0.250. The van der Waals surface area contributed by atoms with Crippen LogP contribution < -0.4 is 0 Å². The van der Waals surface area contributed by atoms with Gasteiger partial charge in [0.1, 0.15) is 11.2 Å². The van der Waals surface area contributed by atoms with Crippen LogP contribution in [0.3, 0.4) is 0 Å². The van der Waals surface area contributed by atoms with Gasteiger partial charge in [-0.15, -0.1) is 0 Å². The molecule has 0 spiro atoms. The van der Waals surface area contributed by atoms with Crippen molar-refractivity contribution in [2.75, 3.05) is 0 Å². The van der Waals surface area contributed by atoms with Gasteiger partial charge in [-0.05, 0) is 56.2 Å². The summed E-state index contributed by atoms with van der Waals surface area (Å²) in [5.74, 6) is 0. The van der Waals surface area contributed by atoms with Crippen LogP contribution in [0.2, 0.25) is 0 Å². The molecule has 0 saturated carbocycles. The summed E-state index contributed by atoms with van der Waals surface area (Å²) in [5, 5.41) is 3.11. The van der Waals surface area contributed by atoms with Gasteiger partial charge in [0.25, 0.3) is 0 Å². The maximum Gasteiger partial charge on any atom is 0.143 e. The fraction of sp³-hybridized carbons (Fsp3) is 0. The first kappa shape index (κ1) is 10.3. The highest BCUT2D eigenvalue weighted by Gasteiger charge is 2.17. The SMILES string of the molecule is [2H]c1c([2H])c([2H])c2c(-c3cccc4oc5c6ccccc6ccc5c34)c3c([2H])c([2H])c([2H])c([2H])c3c([2H])c2c1[2H]. The third-order valence-corrected chi connectivity index (χ3v) is 5.78. The maximum atomic E-state index is 8.94. The molecule has 1 aromatic heterocycles. The smallest absolute Gasteiger partial charge is 0.143 e. The molecule has 7 rings (SSSR count). The number of benzene rings is 6. The van der Waals surface area contributed by atoms with Crippen molar-refractivity contribution in [2.24, 2.45) is 0 Å². The standard InChI is InChI=1S/C30H18O/c1-6-13-24-19(8-1)16-17-26-29-25(14-7-15-27(29)31-30(24)26)28-22-11-4-2-9-20(22)18-21-10-3-5-12-23(21)28/h1-18H/i2D,3D,4D,5D,9D,10D,11D,12D,18D. The first-order valence-electron chi connectivity index (χ1n) is 14.4. The molecule has 7 aromatic rings. The van der Waals surface area contributed by atoms with Crippen molar-refractivity contribution in [3.05, 3.63) is 109 Å². The second kappa shape index (κ2) is 6.20. The molecule has 144 valence electrons. The summed E-state index contributed by atoms with van der Waals surface area (Å²) in [7, 11) is 0. The van der Waals surface area contributed by atoms with Gasteiger partial charge in [0, 0.05) is 16.2 Å². The minimum atomic E-state index is -0.518. The van der Waals surface area contributed by atoms with E-state index in [1.807, 2.05) is 36.4 Å². The van der Waals surface area contributed by atoms with Gasteiger partial charge in [0.05, 0.1) is 12.3 Å². The molecule has 1 nitrogen and oxygen atoms in total. The van der Waals surface area contributed by atoms with E-state index in [0.29, 0.717) is 22.1 Å². The molecular formula is C30H18O. The number of hydrogen-bond donors (Lipinski definition) is 0. The summed E-state index contributed by atoms with van der Waals surface area (Å²) < 4.78 is 83.6. The summed E-state index contributed by atoms with van der Waals surface area (Å²) in [5.41, 5.74) is 1.84. The van der Waals surface area contributed by atoms with Crippen molar-refractivity contribution in [3.63, 3.8) is 0 Å². The largest absolute Gasteiger partial charge is 0.455 e. The predicted molar refractivity (Wildman–Crippen MR) is 132 cm³/mol. The Labute approximate surface area is 191 Å². The Kier molecular flexibility index (Phi) is 2.06. The minimum absolute atomic E-state index is 0.0242. The second-order valence-electron chi connectivity index (χ2n) is 7.44. The van der Waals surface area contributed by atoms with Crippen LogP contribution in [0.25, 0.3) is 65.4 Å². The first-order valence-corrected chi connectivity index (χ1v) is 9.89. The molecule has 6 aromatic carbocycles. The van der Waals surface area contributed by atoms with E-state index in [4.69, 9.17) is 16.8 Å². The van der Waals surface area contributed by atoms with Crippen LogP contribution in [0.4, 0.5) is 0 Å². The Balaban J connectivity index is 1.82. The summed E-state index contributed by atoms with van der Waals surface area (Å²) in [4.78, 5) is 0. The van der Waals surface area contributed by atoms with Crippen molar-refractivity contribution in [1.29, 1.82) is 0 Å². The topological polar surface area (TPSA) is 13.1 Å². The second-order valence-corrected chi connectivity index (χ2v) is 7.44. The molecule has 0 aliphatic rings. The molecular weight excluding hydrogens is 376 g/mol. The molecule has 0 saturated heterocycles. The van der Waals surface area contributed by atoms with Gasteiger partial charge in [-0.25, -0.2) is 0 Å². The van der Waals surface area contributed by atoms with Crippen molar-refractivity contribution < 1.29 is 16.8 Å². The zero-order chi connectivity index (χ0) is 28.2. The first-order chi connectivity index (χ1) is 19.1. The van der Waals surface area contributed by atoms with Crippen LogP contribution >= 0.6 is 0 Å². The van der Waals surface area contributed by atoms with Gasteiger partial charge >= 0.3 is 0 Å². The molecule has 0 N–H and O–H groups in total. The lowest BCUT2D eigenvalue weighted by molar-refractivity contribution is 0.673. The van der Waals surface area contributed by atoms with Gasteiger partial charge in [-0.1, -0.05) is 90.8 Å². The molecule has 0 unspecified atom stereocenters. The van der Waals surface area contributed by atoms with Crippen LogP contribution in [0.15, 0.2) is 113 Å². The Bertz CT molecular complexity index is 2190. The van der Waals surface area contributed by atoms with Gasteiger partial charge < -0.3 is 4.42 Å². The molecule has 1 heteroatoms. The Hall–Kier alpha value is -4.10. The van der Waals surface area contributed by atoms with Crippen molar-refractivity contribution in [1.82, 2.24) is 0 Å². The van der Waals surface area contributed by atoms with E-state index < -0.39 is 36.3 Å². The summed E-state index contributed by atoms with van der Waals surface area (Å²) in [6.07, 6.45) is 0. The van der Waals surface area contributed by atoms with Crippen LogP contribution in [0.1, 0.15) is 12.3 Å². The van der Waals surface area contributed by atoms with Crippen LogP contribution in [-0.4, -0.2) is 0 Å². The molecule has 1 heterocycles. The molecule has 0 bridgehead atoms. The van der Waals surface area contributed by atoms with E-state index in [-0.39, 0.29) is 45.2 Å². The summed E-state index contributed by atoms with van der Waals surface area (Å²) in [6.45, 7) is 0. The number of rotatable bonds is 1. The molecule has 0 radical (unpaired) electrons. The highest BCUT2D eigenvalue weighted by Crippen LogP contribution is 2.43. The fourth-order valence-electron chi connectivity index (χ4n) is 4.47. The minimum Gasteiger partial charge on any atom is -0.455 e. The normalized spacial score (nSPS) is 15.9. The van der Waals surface area contributed by atoms with Crippen LogP contribution in [0, 0.1) is 0 Å². The number of furan rings is 1. The average Bonchev–Trinajstić information content (AvgIpc) is 3.35. The zero-order valence-electron chi connectivity index (χ0n) is 25.1. The Morgan fingerprint density at radius 2 is 1.32 bits per heavy atom. The van der Waals surface area contributed by atoms with Crippen molar-refractivity contribution >= 4 is 54.3 Å². The van der Waals surface area contributed by atoms with E-state index in [1.165, 1.54) is 0 Å².